The Morgan fingerprint density at radius 1 is 1.10 bits per heavy atom. The molecule has 1 aromatic carbocycles. The first kappa shape index (κ1) is 17.9. The van der Waals surface area contributed by atoms with E-state index in [-0.39, 0.29) is 11.0 Å². The fourth-order valence-electron chi connectivity index (χ4n) is 2.07. The van der Waals surface area contributed by atoms with Gasteiger partial charge in [0.05, 0.1) is 7.11 Å². The minimum atomic E-state index is -2.07. The van der Waals surface area contributed by atoms with Gasteiger partial charge in [-0.1, -0.05) is 51.1 Å². The Morgan fingerprint density at radius 3 is 2.05 bits per heavy atom. The molecule has 1 atom stereocenters. The number of carbonyl (C=O) groups is 1. The van der Waals surface area contributed by atoms with Crippen LogP contribution in [-0.4, -0.2) is 27.0 Å². The Hall–Kier alpha value is -1.13. The third-order valence-electron chi connectivity index (χ3n) is 4.29. The van der Waals surface area contributed by atoms with Crippen LogP contribution < -0.4 is 0 Å². The van der Waals surface area contributed by atoms with E-state index in [0.29, 0.717) is 6.42 Å². The molecule has 21 heavy (non-hydrogen) atoms. The summed E-state index contributed by atoms with van der Waals surface area (Å²) in [7, 11) is -0.657. The molecule has 4 heteroatoms. The van der Waals surface area contributed by atoms with Gasteiger partial charge in [0.2, 0.25) is 0 Å². The van der Waals surface area contributed by atoms with Gasteiger partial charge in [0.25, 0.3) is 0 Å². The lowest BCUT2D eigenvalue weighted by Gasteiger charge is -2.42. The Kier molecular flexibility index (Phi) is 5.39. The molecular weight excluding hydrogens is 280 g/mol. The van der Waals surface area contributed by atoms with Crippen LogP contribution in [-0.2, 0) is 20.4 Å². The highest BCUT2D eigenvalue weighted by molar-refractivity contribution is 6.74. The normalized spacial score (nSPS) is 15.4. The second kappa shape index (κ2) is 6.32. The monoisotopic (exact) mass is 308 g/mol. The molecule has 0 aliphatic rings. The summed E-state index contributed by atoms with van der Waals surface area (Å²) < 4.78 is 11.4. The third-order valence-corrected chi connectivity index (χ3v) is 8.86. The van der Waals surface area contributed by atoms with Crippen molar-refractivity contribution in [2.75, 3.05) is 7.11 Å². The van der Waals surface area contributed by atoms with Crippen molar-refractivity contribution in [2.24, 2.45) is 0 Å². The van der Waals surface area contributed by atoms with Crippen molar-refractivity contribution in [3.8, 4) is 0 Å². The zero-order valence-corrected chi connectivity index (χ0v) is 15.3. The zero-order valence-electron chi connectivity index (χ0n) is 14.3. The Labute approximate surface area is 129 Å². The maximum atomic E-state index is 12.3. The van der Waals surface area contributed by atoms with Gasteiger partial charge in [-0.15, -0.1) is 0 Å². The number of ether oxygens (including phenoxy) is 1. The second-order valence-electron chi connectivity index (χ2n) is 7.25. The van der Waals surface area contributed by atoms with Crippen LogP contribution in [0.25, 0.3) is 0 Å². The van der Waals surface area contributed by atoms with Crippen molar-refractivity contribution in [3.63, 3.8) is 0 Å². The van der Waals surface area contributed by atoms with Crippen molar-refractivity contribution >= 4 is 14.3 Å². The molecule has 1 rings (SSSR count). The molecule has 1 aromatic rings. The molecule has 0 amide bonds. The van der Waals surface area contributed by atoms with E-state index >= 15 is 0 Å². The van der Waals surface area contributed by atoms with E-state index < -0.39 is 13.9 Å². The Bertz CT molecular complexity index is 477. The summed E-state index contributed by atoms with van der Waals surface area (Å²) in [5.41, 5.74) is 0.128. The fraction of sp³-hybridized carbons (Fsp3) is 0.588. The summed E-state index contributed by atoms with van der Waals surface area (Å²) in [6.07, 6.45) is 0.521. The molecule has 0 aliphatic carbocycles. The molecule has 0 heterocycles. The average Bonchev–Trinajstić information content (AvgIpc) is 2.36. The molecule has 0 aliphatic heterocycles. The van der Waals surface area contributed by atoms with E-state index in [1.54, 1.807) is 0 Å². The zero-order chi connectivity index (χ0) is 16.3. The van der Waals surface area contributed by atoms with Gasteiger partial charge in [-0.05, 0) is 30.6 Å². The molecule has 0 aromatic heterocycles. The van der Waals surface area contributed by atoms with Gasteiger partial charge in [-0.2, -0.15) is 0 Å². The number of hydrogen-bond donors (Lipinski definition) is 0. The first-order chi connectivity index (χ1) is 9.52. The molecular formula is C17H28O3Si. The van der Waals surface area contributed by atoms with Crippen molar-refractivity contribution in [2.45, 2.75) is 57.8 Å². The van der Waals surface area contributed by atoms with Crippen molar-refractivity contribution in [1.82, 2.24) is 0 Å². The minimum Gasteiger partial charge on any atom is -0.467 e. The van der Waals surface area contributed by atoms with Gasteiger partial charge in [-0.3, -0.25) is 0 Å². The quantitative estimate of drug-likeness (QED) is 0.604. The van der Waals surface area contributed by atoms with Crippen LogP contribution in [0, 0.1) is 0 Å². The van der Waals surface area contributed by atoms with Crippen molar-refractivity contribution < 1.29 is 14.0 Å². The molecule has 3 nitrogen and oxygen atoms in total. The molecule has 0 bridgehead atoms. The van der Waals surface area contributed by atoms with Crippen LogP contribution in [0.2, 0.25) is 18.1 Å². The standard InChI is InChI=1S/C17H28O3Si/c1-16(2,3)21(6,7)20-17(4,15(18)19-5)13-14-11-9-8-10-12-14/h8-12H,13H2,1-7H3. The lowest BCUT2D eigenvalue weighted by atomic mass is 9.97. The fourth-order valence-corrected chi connectivity index (χ4v) is 3.66. The first-order valence-electron chi connectivity index (χ1n) is 7.34. The molecule has 0 fully saturated rings. The van der Waals surface area contributed by atoms with Gasteiger partial charge in [0.15, 0.2) is 13.9 Å². The molecule has 1 unspecified atom stereocenters. The van der Waals surface area contributed by atoms with E-state index in [1.165, 1.54) is 7.11 Å². The molecule has 0 spiro atoms. The van der Waals surface area contributed by atoms with Gasteiger partial charge >= 0.3 is 5.97 Å². The summed E-state index contributed by atoms with van der Waals surface area (Å²) >= 11 is 0. The van der Waals surface area contributed by atoms with E-state index in [4.69, 9.17) is 9.16 Å². The van der Waals surface area contributed by atoms with Crippen LogP contribution in [0.15, 0.2) is 30.3 Å². The number of carbonyl (C=O) groups excluding carboxylic acids is 1. The van der Waals surface area contributed by atoms with Crippen molar-refractivity contribution in [3.05, 3.63) is 35.9 Å². The van der Waals surface area contributed by atoms with E-state index in [0.717, 1.165) is 5.56 Å². The van der Waals surface area contributed by atoms with Gasteiger partial charge < -0.3 is 9.16 Å². The van der Waals surface area contributed by atoms with E-state index in [9.17, 15) is 4.79 Å². The summed E-state index contributed by atoms with van der Waals surface area (Å²) in [6.45, 7) is 12.6. The highest BCUT2D eigenvalue weighted by Gasteiger charge is 2.46. The first-order valence-corrected chi connectivity index (χ1v) is 10.3. The summed E-state index contributed by atoms with van der Waals surface area (Å²) in [5.74, 6) is -0.309. The Morgan fingerprint density at radius 2 is 1.62 bits per heavy atom. The molecule has 118 valence electrons. The third kappa shape index (κ3) is 4.42. The number of benzene rings is 1. The maximum absolute atomic E-state index is 12.3. The van der Waals surface area contributed by atoms with Gasteiger partial charge in [-0.25, -0.2) is 4.79 Å². The van der Waals surface area contributed by atoms with Crippen LogP contribution in [0.4, 0.5) is 0 Å². The second-order valence-corrected chi connectivity index (χ2v) is 12.0. The lowest BCUT2D eigenvalue weighted by molar-refractivity contribution is -0.158. The van der Waals surface area contributed by atoms with Crippen LogP contribution in [0.5, 0.6) is 0 Å². The van der Waals surface area contributed by atoms with Gasteiger partial charge in [0, 0.05) is 6.42 Å². The largest absolute Gasteiger partial charge is 0.467 e. The number of methoxy groups -OCH3 is 1. The number of hydrogen-bond acceptors (Lipinski definition) is 3. The molecule has 0 N–H and O–H groups in total. The topological polar surface area (TPSA) is 35.5 Å². The summed E-state index contributed by atoms with van der Waals surface area (Å²) in [6, 6.07) is 9.93. The minimum absolute atomic E-state index is 0.0406. The lowest BCUT2D eigenvalue weighted by Crippen LogP contribution is -2.53. The predicted molar refractivity (Wildman–Crippen MR) is 88.8 cm³/mol. The molecule has 0 saturated carbocycles. The van der Waals surface area contributed by atoms with E-state index in [2.05, 4.69) is 33.9 Å². The average molecular weight is 308 g/mol. The molecule has 0 saturated heterocycles. The van der Waals surface area contributed by atoms with Gasteiger partial charge in [0.1, 0.15) is 0 Å². The Balaban J connectivity index is 3.08. The van der Waals surface area contributed by atoms with Crippen LogP contribution in [0.3, 0.4) is 0 Å². The van der Waals surface area contributed by atoms with Crippen LogP contribution in [0.1, 0.15) is 33.3 Å². The number of esters is 1. The van der Waals surface area contributed by atoms with E-state index in [1.807, 2.05) is 37.3 Å². The number of rotatable bonds is 5. The van der Waals surface area contributed by atoms with Crippen LogP contribution >= 0.6 is 0 Å². The smallest absolute Gasteiger partial charge is 0.337 e. The predicted octanol–water partition coefficient (Wildman–Crippen LogP) is 4.18. The maximum Gasteiger partial charge on any atom is 0.337 e. The van der Waals surface area contributed by atoms with Crippen molar-refractivity contribution in [1.29, 1.82) is 0 Å². The highest BCUT2D eigenvalue weighted by atomic mass is 28.4. The summed E-state index contributed by atoms with van der Waals surface area (Å²) in [5, 5.41) is 0.0406. The highest BCUT2D eigenvalue weighted by Crippen LogP contribution is 2.40. The SMILES string of the molecule is COC(=O)C(C)(Cc1ccccc1)O[Si](C)(C)C(C)(C)C. The molecule has 0 radical (unpaired) electrons. The summed E-state index contributed by atoms with van der Waals surface area (Å²) in [4.78, 5) is 12.3.